The molecule has 0 unspecified atom stereocenters. The molecular weight excluding hydrogens is 633 g/mol. The molecule has 4 nitrogen and oxygen atoms in total. The van der Waals surface area contributed by atoms with Gasteiger partial charge in [0.05, 0.1) is 11.0 Å². The number of benzene rings is 8. The molecule has 0 saturated carbocycles. The summed E-state index contributed by atoms with van der Waals surface area (Å²) >= 11 is 0. The Kier molecular flexibility index (Phi) is 5.98. The van der Waals surface area contributed by atoms with Gasteiger partial charge in [-0.2, -0.15) is 9.97 Å². The van der Waals surface area contributed by atoms with Crippen LogP contribution < -0.4 is 0 Å². The van der Waals surface area contributed by atoms with Crippen LogP contribution in [0, 0.1) is 0 Å². The molecule has 1 aliphatic carbocycles. The van der Waals surface area contributed by atoms with E-state index in [1.807, 2.05) is 36.4 Å². The van der Waals surface area contributed by atoms with Crippen molar-refractivity contribution < 1.29 is 0 Å². The standard InChI is InChI=1S/C48H32N4/c1-48(2)41-23-13-11-21-33(41)39-25-35-31-19-9-10-20-32(31)36-26-40-34-22-12-14-24-43(34)52(44(40)28-38(36)37(35)27-42(39)48)47-50-45(29-15-5-3-6-16-29)49-46(51-47)30-17-7-4-8-18-30/h3-28H,1-2H3. The molecule has 10 aromatic rings. The molecule has 0 aliphatic heterocycles. The van der Waals surface area contributed by atoms with E-state index in [0.29, 0.717) is 17.6 Å². The van der Waals surface area contributed by atoms with Crippen LogP contribution in [0.15, 0.2) is 158 Å². The van der Waals surface area contributed by atoms with Gasteiger partial charge in [-0.05, 0) is 84.9 Å². The molecule has 0 N–H and O–H groups in total. The van der Waals surface area contributed by atoms with Crippen molar-refractivity contribution in [3.63, 3.8) is 0 Å². The molecule has 2 aromatic heterocycles. The van der Waals surface area contributed by atoms with E-state index >= 15 is 0 Å². The van der Waals surface area contributed by atoms with Gasteiger partial charge in [0.15, 0.2) is 11.6 Å². The Morgan fingerprint density at radius 3 is 1.62 bits per heavy atom. The van der Waals surface area contributed by atoms with Crippen molar-refractivity contribution in [1.29, 1.82) is 0 Å². The summed E-state index contributed by atoms with van der Waals surface area (Å²) in [5, 5.41) is 9.87. The van der Waals surface area contributed by atoms with Crippen molar-refractivity contribution in [2.24, 2.45) is 0 Å². The van der Waals surface area contributed by atoms with Gasteiger partial charge in [-0.3, -0.25) is 4.57 Å². The lowest BCUT2D eigenvalue weighted by Crippen LogP contribution is -2.14. The zero-order valence-electron chi connectivity index (χ0n) is 28.8. The first kappa shape index (κ1) is 29.1. The van der Waals surface area contributed by atoms with Gasteiger partial charge in [-0.1, -0.05) is 141 Å². The fourth-order valence-electron chi connectivity index (χ4n) is 8.72. The lowest BCUT2D eigenvalue weighted by atomic mass is 9.81. The second kappa shape index (κ2) is 10.7. The van der Waals surface area contributed by atoms with Crippen LogP contribution in [0.25, 0.3) is 94.0 Å². The summed E-state index contributed by atoms with van der Waals surface area (Å²) < 4.78 is 2.23. The molecule has 0 spiro atoms. The normalized spacial score (nSPS) is 13.3. The van der Waals surface area contributed by atoms with E-state index in [-0.39, 0.29) is 5.41 Å². The molecule has 8 aromatic carbocycles. The molecule has 244 valence electrons. The lowest BCUT2D eigenvalue weighted by Gasteiger charge is -2.22. The van der Waals surface area contributed by atoms with Crippen molar-refractivity contribution in [3.05, 3.63) is 169 Å². The summed E-state index contributed by atoms with van der Waals surface area (Å²) in [6, 6.07) is 56.5. The van der Waals surface area contributed by atoms with E-state index in [1.54, 1.807) is 0 Å². The average Bonchev–Trinajstić information content (AvgIpc) is 3.65. The first-order chi connectivity index (χ1) is 25.5. The number of hydrogen-bond donors (Lipinski definition) is 0. The number of nitrogens with zero attached hydrogens (tertiary/aromatic N) is 4. The van der Waals surface area contributed by atoms with Gasteiger partial charge in [0.25, 0.3) is 0 Å². The minimum atomic E-state index is -0.107. The van der Waals surface area contributed by atoms with Gasteiger partial charge >= 0.3 is 0 Å². The maximum absolute atomic E-state index is 5.19. The van der Waals surface area contributed by atoms with E-state index in [0.717, 1.165) is 27.5 Å². The molecule has 4 heteroatoms. The van der Waals surface area contributed by atoms with E-state index in [4.69, 9.17) is 15.0 Å². The van der Waals surface area contributed by atoms with Crippen molar-refractivity contribution in [2.45, 2.75) is 19.3 Å². The van der Waals surface area contributed by atoms with Gasteiger partial charge in [0.2, 0.25) is 5.95 Å². The summed E-state index contributed by atoms with van der Waals surface area (Å²) in [5.74, 6) is 1.88. The van der Waals surface area contributed by atoms with Gasteiger partial charge in [-0.25, -0.2) is 4.98 Å². The third kappa shape index (κ3) is 4.06. The largest absolute Gasteiger partial charge is 0.278 e. The first-order valence-electron chi connectivity index (χ1n) is 17.9. The highest BCUT2D eigenvalue weighted by Crippen LogP contribution is 2.51. The van der Waals surface area contributed by atoms with Crippen LogP contribution in [0.2, 0.25) is 0 Å². The Morgan fingerprint density at radius 2 is 0.923 bits per heavy atom. The Balaban J connectivity index is 1.27. The summed E-state index contributed by atoms with van der Waals surface area (Å²) in [5.41, 5.74) is 9.34. The number of rotatable bonds is 3. The molecule has 0 amide bonds. The van der Waals surface area contributed by atoms with Gasteiger partial charge in [0.1, 0.15) is 0 Å². The van der Waals surface area contributed by atoms with Crippen LogP contribution in [0.5, 0.6) is 0 Å². The molecule has 0 bridgehead atoms. The predicted molar refractivity (Wildman–Crippen MR) is 215 cm³/mol. The Hall–Kier alpha value is -6.65. The Morgan fingerprint density at radius 1 is 0.385 bits per heavy atom. The zero-order valence-corrected chi connectivity index (χ0v) is 28.8. The minimum absolute atomic E-state index is 0.107. The SMILES string of the molecule is CC1(C)c2ccccc2-c2cc3c4ccccc4c4cc5c6ccccc6n(-c6nc(-c7ccccc7)nc(-c7ccccc7)n6)c5cc4c3cc21. The monoisotopic (exact) mass is 664 g/mol. The average molecular weight is 665 g/mol. The van der Waals surface area contributed by atoms with Crippen LogP contribution >= 0.6 is 0 Å². The lowest BCUT2D eigenvalue weighted by molar-refractivity contribution is 0.661. The molecule has 1 aliphatic rings. The molecule has 0 saturated heterocycles. The molecular formula is C48H32N4. The Labute approximate surface area is 300 Å². The Bertz CT molecular complexity index is 3030. The molecule has 0 atom stereocenters. The van der Waals surface area contributed by atoms with E-state index in [2.05, 4.69) is 140 Å². The summed E-state index contributed by atoms with van der Waals surface area (Å²) in [7, 11) is 0. The number of aromatic nitrogens is 4. The van der Waals surface area contributed by atoms with E-state index in [9.17, 15) is 0 Å². The third-order valence-electron chi connectivity index (χ3n) is 11.2. The molecule has 0 fully saturated rings. The fourth-order valence-corrected chi connectivity index (χ4v) is 8.72. The second-order valence-corrected chi connectivity index (χ2v) is 14.4. The highest BCUT2D eigenvalue weighted by atomic mass is 15.2. The predicted octanol–water partition coefficient (Wildman–Crippen LogP) is 12.1. The van der Waals surface area contributed by atoms with Crippen LogP contribution in [0.3, 0.4) is 0 Å². The highest BCUT2D eigenvalue weighted by Gasteiger charge is 2.35. The smallest absolute Gasteiger partial charge is 0.238 e. The topological polar surface area (TPSA) is 43.6 Å². The fraction of sp³-hybridized carbons (Fsp3) is 0.0625. The van der Waals surface area contributed by atoms with Crippen molar-refractivity contribution in [2.75, 3.05) is 0 Å². The van der Waals surface area contributed by atoms with Crippen molar-refractivity contribution >= 4 is 54.1 Å². The van der Waals surface area contributed by atoms with Crippen LogP contribution in [0.1, 0.15) is 25.0 Å². The highest BCUT2D eigenvalue weighted by molar-refractivity contribution is 6.29. The summed E-state index contributed by atoms with van der Waals surface area (Å²) in [4.78, 5) is 15.4. The zero-order chi connectivity index (χ0) is 34.6. The van der Waals surface area contributed by atoms with Crippen molar-refractivity contribution in [1.82, 2.24) is 19.5 Å². The maximum Gasteiger partial charge on any atom is 0.238 e. The number of para-hydroxylation sites is 1. The van der Waals surface area contributed by atoms with Gasteiger partial charge < -0.3 is 0 Å². The van der Waals surface area contributed by atoms with E-state index < -0.39 is 0 Å². The summed E-state index contributed by atoms with van der Waals surface area (Å²) in [6.45, 7) is 4.72. The van der Waals surface area contributed by atoms with Gasteiger partial charge in [-0.15, -0.1) is 0 Å². The van der Waals surface area contributed by atoms with Crippen LogP contribution in [-0.2, 0) is 5.41 Å². The maximum atomic E-state index is 5.19. The quantitative estimate of drug-likeness (QED) is 0.177. The molecule has 0 radical (unpaired) electrons. The van der Waals surface area contributed by atoms with Crippen LogP contribution in [0.4, 0.5) is 0 Å². The molecule has 2 heterocycles. The number of hydrogen-bond acceptors (Lipinski definition) is 3. The minimum Gasteiger partial charge on any atom is -0.278 e. The number of fused-ring (bicyclic) bond motifs is 12. The second-order valence-electron chi connectivity index (χ2n) is 14.4. The van der Waals surface area contributed by atoms with Gasteiger partial charge in [0, 0.05) is 27.3 Å². The van der Waals surface area contributed by atoms with E-state index in [1.165, 1.54) is 60.0 Å². The third-order valence-corrected chi connectivity index (χ3v) is 11.2. The molecule has 52 heavy (non-hydrogen) atoms. The summed E-state index contributed by atoms with van der Waals surface area (Å²) in [6.07, 6.45) is 0. The first-order valence-corrected chi connectivity index (χ1v) is 17.9. The molecule has 11 rings (SSSR count). The van der Waals surface area contributed by atoms with Crippen molar-refractivity contribution in [3.8, 4) is 39.9 Å². The van der Waals surface area contributed by atoms with Crippen LogP contribution in [-0.4, -0.2) is 19.5 Å².